The summed E-state index contributed by atoms with van der Waals surface area (Å²) >= 11 is 0. The molecule has 1 aromatic carbocycles. The van der Waals surface area contributed by atoms with E-state index in [4.69, 9.17) is 14.1 Å². The lowest BCUT2D eigenvalue weighted by Crippen LogP contribution is -2.49. The van der Waals surface area contributed by atoms with Gasteiger partial charge in [0.05, 0.1) is 18.9 Å². The Balaban J connectivity index is 1.26. The molecule has 0 spiro atoms. The smallest absolute Gasteiger partial charge is 0.191 e. The molecule has 6 nitrogen and oxygen atoms in total. The van der Waals surface area contributed by atoms with Crippen LogP contribution in [0.3, 0.4) is 0 Å². The second-order valence-electron chi connectivity index (χ2n) is 8.76. The van der Waals surface area contributed by atoms with Crippen molar-refractivity contribution >= 4 is 5.96 Å². The van der Waals surface area contributed by atoms with Crippen molar-refractivity contribution in [1.82, 2.24) is 15.5 Å². The summed E-state index contributed by atoms with van der Waals surface area (Å²) in [4.78, 5) is 7.28. The molecule has 1 unspecified atom stereocenters. The Bertz CT molecular complexity index is 811. The number of piperidine rings is 1. The highest BCUT2D eigenvalue weighted by atomic mass is 19.1. The summed E-state index contributed by atoms with van der Waals surface area (Å²) in [6.07, 6.45) is 8.34. The van der Waals surface area contributed by atoms with Crippen molar-refractivity contribution in [3.8, 4) is 0 Å². The van der Waals surface area contributed by atoms with Gasteiger partial charge in [0.2, 0.25) is 0 Å². The molecule has 174 valence electrons. The summed E-state index contributed by atoms with van der Waals surface area (Å²) in [5.74, 6) is 1.66. The first-order chi connectivity index (χ1) is 15.7. The molecule has 32 heavy (non-hydrogen) atoms. The van der Waals surface area contributed by atoms with Gasteiger partial charge in [-0.2, -0.15) is 0 Å². The lowest BCUT2D eigenvalue weighted by atomic mass is 10.0. The molecule has 1 atom stereocenters. The highest BCUT2D eigenvalue weighted by Gasteiger charge is 2.21. The van der Waals surface area contributed by atoms with Crippen molar-refractivity contribution in [2.45, 2.75) is 57.2 Å². The number of hydrogen-bond donors (Lipinski definition) is 2. The number of likely N-dealkylation sites (tertiary alicyclic amines) is 1. The number of hydrogen-bond acceptors (Lipinski definition) is 4. The van der Waals surface area contributed by atoms with E-state index >= 15 is 0 Å². The van der Waals surface area contributed by atoms with Gasteiger partial charge in [0.25, 0.3) is 0 Å². The maximum absolute atomic E-state index is 13.1. The summed E-state index contributed by atoms with van der Waals surface area (Å²) in [5, 5.41) is 7.12. The van der Waals surface area contributed by atoms with Crippen molar-refractivity contribution in [3.63, 3.8) is 0 Å². The van der Waals surface area contributed by atoms with E-state index in [1.165, 1.54) is 18.6 Å². The lowest BCUT2D eigenvalue weighted by molar-refractivity contribution is 0.0224. The van der Waals surface area contributed by atoms with E-state index in [2.05, 4.69) is 15.5 Å². The normalized spacial score (nSPS) is 20.9. The van der Waals surface area contributed by atoms with Crippen LogP contribution >= 0.6 is 0 Å². The van der Waals surface area contributed by atoms with Gasteiger partial charge in [-0.3, -0.25) is 9.89 Å². The molecule has 1 aromatic heterocycles. The summed E-state index contributed by atoms with van der Waals surface area (Å²) in [6.45, 7) is 5.21. The van der Waals surface area contributed by atoms with Crippen molar-refractivity contribution in [1.29, 1.82) is 0 Å². The first kappa shape index (κ1) is 22.8. The molecule has 2 aliphatic rings. The van der Waals surface area contributed by atoms with Crippen LogP contribution in [0.15, 0.2) is 52.1 Å². The van der Waals surface area contributed by atoms with Gasteiger partial charge in [-0.1, -0.05) is 12.1 Å². The van der Waals surface area contributed by atoms with Crippen LogP contribution in [0, 0.1) is 5.82 Å². The minimum atomic E-state index is -0.179. The Kier molecular flexibility index (Phi) is 8.56. The Morgan fingerprint density at radius 2 is 1.94 bits per heavy atom. The van der Waals surface area contributed by atoms with E-state index in [9.17, 15) is 4.39 Å². The van der Waals surface area contributed by atoms with Gasteiger partial charge in [-0.05, 0) is 61.9 Å². The fraction of sp³-hybridized carbons (Fsp3) is 0.560. The van der Waals surface area contributed by atoms with Crippen LogP contribution in [0.1, 0.15) is 43.4 Å². The van der Waals surface area contributed by atoms with Crippen molar-refractivity contribution in [2.24, 2.45) is 4.99 Å². The molecule has 7 heteroatoms. The van der Waals surface area contributed by atoms with Crippen LogP contribution in [0.2, 0.25) is 0 Å². The van der Waals surface area contributed by atoms with Crippen LogP contribution in [0.5, 0.6) is 0 Å². The summed E-state index contributed by atoms with van der Waals surface area (Å²) < 4.78 is 24.4. The zero-order chi connectivity index (χ0) is 22.0. The van der Waals surface area contributed by atoms with Gasteiger partial charge in [0, 0.05) is 45.2 Å². The molecular weight excluding hydrogens is 407 g/mol. The molecule has 2 N–H and O–H groups in total. The van der Waals surface area contributed by atoms with E-state index in [0.717, 1.165) is 82.2 Å². The average molecular weight is 443 g/mol. The highest BCUT2D eigenvalue weighted by Crippen LogP contribution is 2.15. The highest BCUT2D eigenvalue weighted by molar-refractivity contribution is 5.80. The third-order valence-electron chi connectivity index (χ3n) is 6.22. The average Bonchev–Trinajstić information content (AvgIpc) is 3.34. The van der Waals surface area contributed by atoms with Gasteiger partial charge in [0.15, 0.2) is 5.96 Å². The fourth-order valence-electron chi connectivity index (χ4n) is 4.33. The van der Waals surface area contributed by atoms with Gasteiger partial charge in [-0.15, -0.1) is 0 Å². The van der Waals surface area contributed by atoms with Gasteiger partial charge < -0.3 is 19.8 Å². The standard InChI is InChI=1S/C25H35FN4O2/c26-21-8-6-20(7-9-21)19-30-14-11-22(12-15-30)29-25(27-13-10-23-5-3-17-31-23)28-18-24-4-1-2-16-32-24/h3,5-9,17,22,24H,1-2,4,10-16,18-19H2,(H2,27,28,29). The number of furan rings is 1. The van der Waals surface area contributed by atoms with Crippen LogP contribution in [-0.4, -0.2) is 55.8 Å². The molecule has 2 saturated heterocycles. The Morgan fingerprint density at radius 3 is 2.66 bits per heavy atom. The predicted octanol–water partition coefficient (Wildman–Crippen LogP) is 3.73. The van der Waals surface area contributed by atoms with Crippen LogP contribution < -0.4 is 10.6 Å². The van der Waals surface area contributed by atoms with Crippen molar-refractivity contribution < 1.29 is 13.5 Å². The number of benzene rings is 1. The van der Waals surface area contributed by atoms with E-state index < -0.39 is 0 Å². The van der Waals surface area contributed by atoms with Crippen LogP contribution in [0.25, 0.3) is 0 Å². The molecule has 4 rings (SSSR count). The maximum atomic E-state index is 13.1. The molecule has 0 amide bonds. The number of rotatable bonds is 8. The SMILES string of the molecule is Fc1ccc(CN2CCC(NC(=NCC3CCCCO3)NCCc3ccco3)CC2)cc1. The first-order valence-corrected chi connectivity index (χ1v) is 11.9. The number of ether oxygens (including phenoxy) is 1. The third-order valence-corrected chi connectivity index (χ3v) is 6.22. The third kappa shape index (κ3) is 7.35. The van der Waals surface area contributed by atoms with E-state index in [-0.39, 0.29) is 11.9 Å². The first-order valence-electron chi connectivity index (χ1n) is 11.9. The molecule has 2 fully saturated rings. The van der Waals surface area contributed by atoms with E-state index in [1.807, 2.05) is 24.3 Å². The topological polar surface area (TPSA) is 62.0 Å². The largest absolute Gasteiger partial charge is 0.469 e. The maximum Gasteiger partial charge on any atom is 0.191 e. The zero-order valence-electron chi connectivity index (χ0n) is 18.8. The van der Waals surface area contributed by atoms with Gasteiger partial charge in [0.1, 0.15) is 11.6 Å². The lowest BCUT2D eigenvalue weighted by Gasteiger charge is -2.33. The number of guanidine groups is 1. The second kappa shape index (κ2) is 12.0. The van der Waals surface area contributed by atoms with Crippen molar-refractivity contribution in [3.05, 3.63) is 59.8 Å². The zero-order valence-corrected chi connectivity index (χ0v) is 18.8. The Labute approximate surface area is 190 Å². The van der Waals surface area contributed by atoms with E-state index in [0.29, 0.717) is 12.6 Å². The van der Waals surface area contributed by atoms with Crippen molar-refractivity contribution in [2.75, 3.05) is 32.8 Å². The quantitative estimate of drug-likeness (QED) is 0.482. The molecule has 2 aromatic rings. The Hall–Kier alpha value is -2.38. The van der Waals surface area contributed by atoms with Gasteiger partial charge >= 0.3 is 0 Å². The number of nitrogens with zero attached hydrogens (tertiary/aromatic N) is 2. The monoisotopic (exact) mass is 442 g/mol. The predicted molar refractivity (Wildman–Crippen MR) is 124 cm³/mol. The van der Waals surface area contributed by atoms with E-state index in [1.54, 1.807) is 6.26 Å². The fourth-order valence-corrected chi connectivity index (χ4v) is 4.33. The number of aliphatic imine (C=N–C) groups is 1. The Morgan fingerprint density at radius 1 is 1.09 bits per heavy atom. The summed E-state index contributed by atoms with van der Waals surface area (Å²) in [5.41, 5.74) is 1.16. The molecule has 3 heterocycles. The molecule has 0 radical (unpaired) electrons. The molecule has 2 aliphatic heterocycles. The summed E-state index contributed by atoms with van der Waals surface area (Å²) in [6, 6.07) is 11.1. The second-order valence-corrected chi connectivity index (χ2v) is 8.76. The summed E-state index contributed by atoms with van der Waals surface area (Å²) in [7, 11) is 0. The number of nitrogens with one attached hydrogen (secondary N) is 2. The molecule has 0 aliphatic carbocycles. The molecule has 0 bridgehead atoms. The van der Waals surface area contributed by atoms with Gasteiger partial charge in [-0.25, -0.2) is 4.39 Å². The number of halogens is 1. The molecular formula is C25H35FN4O2. The molecule has 0 saturated carbocycles. The van der Waals surface area contributed by atoms with Crippen LogP contribution in [0.4, 0.5) is 4.39 Å². The van der Waals surface area contributed by atoms with Crippen LogP contribution in [-0.2, 0) is 17.7 Å². The minimum absolute atomic E-state index is 0.179. The minimum Gasteiger partial charge on any atom is -0.469 e.